The van der Waals surface area contributed by atoms with Gasteiger partial charge in [-0.05, 0) is 38.5 Å². The maximum Gasteiger partial charge on any atom is 0.305 e. The van der Waals surface area contributed by atoms with E-state index in [-0.39, 0.29) is 24.3 Å². The molecule has 0 aromatic heterocycles. The summed E-state index contributed by atoms with van der Waals surface area (Å²) in [4.78, 5) is 24.4. The second kappa shape index (κ2) is 3.75. The minimum Gasteiger partial charge on any atom is -0.481 e. The monoisotopic (exact) mass is 225 g/mol. The molecule has 0 aromatic rings. The summed E-state index contributed by atoms with van der Waals surface area (Å²) in [6.45, 7) is 4.24. The molecule has 0 bridgehead atoms. The molecule has 1 amide bonds. The smallest absolute Gasteiger partial charge is 0.305 e. The Hall–Kier alpha value is -1.06. The largest absolute Gasteiger partial charge is 0.481 e. The van der Waals surface area contributed by atoms with Crippen molar-refractivity contribution in [1.29, 1.82) is 0 Å². The zero-order chi connectivity index (χ0) is 11.9. The van der Waals surface area contributed by atoms with Crippen molar-refractivity contribution in [3.63, 3.8) is 0 Å². The Labute approximate surface area is 95.6 Å². The van der Waals surface area contributed by atoms with Gasteiger partial charge in [-0.2, -0.15) is 0 Å². The molecule has 0 aliphatic heterocycles. The predicted molar refractivity (Wildman–Crippen MR) is 58.9 cm³/mol. The fourth-order valence-corrected chi connectivity index (χ4v) is 2.45. The van der Waals surface area contributed by atoms with E-state index in [1.807, 2.05) is 13.8 Å². The highest BCUT2D eigenvalue weighted by atomic mass is 16.4. The number of hydrogen-bond donors (Lipinski definition) is 1. The Balaban J connectivity index is 1.91. The van der Waals surface area contributed by atoms with Crippen LogP contribution in [0.2, 0.25) is 0 Å². The summed E-state index contributed by atoms with van der Waals surface area (Å²) in [5, 5.41) is 8.66. The Morgan fingerprint density at radius 2 is 2.06 bits per heavy atom. The van der Waals surface area contributed by atoms with E-state index in [2.05, 4.69) is 0 Å². The van der Waals surface area contributed by atoms with Gasteiger partial charge in [0.1, 0.15) is 0 Å². The highest BCUT2D eigenvalue weighted by Crippen LogP contribution is 2.71. The fourth-order valence-electron chi connectivity index (χ4n) is 2.45. The molecule has 0 heterocycles. The van der Waals surface area contributed by atoms with E-state index in [0.717, 1.165) is 6.42 Å². The second-order valence-electron chi connectivity index (χ2n) is 5.39. The quantitative estimate of drug-likeness (QED) is 0.771. The molecule has 0 saturated heterocycles. The highest BCUT2D eigenvalue weighted by molar-refractivity contribution is 5.84. The van der Waals surface area contributed by atoms with E-state index in [9.17, 15) is 9.59 Å². The van der Waals surface area contributed by atoms with E-state index < -0.39 is 5.97 Å². The van der Waals surface area contributed by atoms with Gasteiger partial charge in [0.2, 0.25) is 5.91 Å². The first-order valence-electron chi connectivity index (χ1n) is 5.98. The van der Waals surface area contributed by atoms with Crippen LogP contribution in [0.3, 0.4) is 0 Å². The van der Waals surface area contributed by atoms with Crippen LogP contribution in [0.25, 0.3) is 0 Å². The highest BCUT2D eigenvalue weighted by Gasteiger charge is 2.66. The summed E-state index contributed by atoms with van der Waals surface area (Å²) >= 11 is 0. The number of carboxylic acid groups (broad SMARTS) is 1. The van der Waals surface area contributed by atoms with Crippen LogP contribution >= 0.6 is 0 Å². The molecule has 1 atom stereocenters. The van der Waals surface area contributed by atoms with Crippen LogP contribution in [0.5, 0.6) is 0 Å². The molecule has 4 nitrogen and oxygen atoms in total. The maximum atomic E-state index is 12.1. The van der Waals surface area contributed by atoms with Crippen LogP contribution < -0.4 is 0 Å². The topological polar surface area (TPSA) is 57.6 Å². The number of nitrogens with zero attached hydrogens (tertiary/aromatic N) is 1. The van der Waals surface area contributed by atoms with Gasteiger partial charge in [-0.15, -0.1) is 0 Å². The van der Waals surface area contributed by atoms with Crippen molar-refractivity contribution in [1.82, 2.24) is 4.90 Å². The molecule has 4 heteroatoms. The molecule has 2 rings (SSSR count). The maximum absolute atomic E-state index is 12.1. The number of carbonyl (C=O) groups is 2. The van der Waals surface area contributed by atoms with E-state index >= 15 is 0 Å². The van der Waals surface area contributed by atoms with Gasteiger partial charge in [0, 0.05) is 18.5 Å². The molecule has 1 N–H and O–H groups in total. The Morgan fingerprint density at radius 3 is 2.44 bits per heavy atom. The van der Waals surface area contributed by atoms with Crippen LogP contribution in [0.4, 0.5) is 0 Å². The Bertz CT molecular complexity index is 320. The molecule has 0 aromatic carbocycles. The second-order valence-corrected chi connectivity index (χ2v) is 5.39. The summed E-state index contributed by atoms with van der Waals surface area (Å²) in [6.07, 6.45) is 3.45. The average molecular weight is 225 g/mol. The first kappa shape index (κ1) is 11.4. The third-order valence-electron chi connectivity index (χ3n) is 3.85. The van der Waals surface area contributed by atoms with Crippen molar-refractivity contribution >= 4 is 11.9 Å². The van der Waals surface area contributed by atoms with Gasteiger partial charge in [0.25, 0.3) is 0 Å². The molecule has 2 saturated carbocycles. The number of hydrogen-bond acceptors (Lipinski definition) is 2. The van der Waals surface area contributed by atoms with Crippen LogP contribution in [-0.4, -0.2) is 34.5 Å². The summed E-state index contributed by atoms with van der Waals surface area (Å²) < 4.78 is 0. The van der Waals surface area contributed by atoms with Gasteiger partial charge in [0.15, 0.2) is 0 Å². The minimum absolute atomic E-state index is 0.0453. The first-order chi connectivity index (χ1) is 7.46. The van der Waals surface area contributed by atoms with Gasteiger partial charge in [-0.1, -0.05) is 0 Å². The molecular weight excluding hydrogens is 206 g/mol. The van der Waals surface area contributed by atoms with Gasteiger partial charge in [0.05, 0.1) is 6.42 Å². The van der Waals surface area contributed by atoms with E-state index in [4.69, 9.17) is 5.11 Å². The molecule has 16 heavy (non-hydrogen) atoms. The normalized spacial score (nSPS) is 24.6. The predicted octanol–water partition coefficient (Wildman–Crippen LogP) is 1.50. The number of aliphatic carboxylic acids is 1. The third kappa shape index (κ3) is 2.06. The summed E-state index contributed by atoms with van der Waals surface area (Å²) in [7, 11) is 0. The van der Waals surface area contributed by atoms with Crippen molar-refractivity contribution in [2.45, 2.75) is 45.6 Å². The first-order valence-corrected chi connectivity index (χ1v) is 5.98. The van der Waals surface area contributed by atoms with Crippen LogP contribution in [0.1, 0.15) is 39.5 Å². The molecule has 90 valence electrons. The summed E-state index contributed by atoms with van der Waals surface area (Å²) in [5.74, 6) is -0.465. The summed E-state index contributed by atoms with van der Waals surface area (Å²) in [6, 6.07) is 0.100. The van der Waals surface area contributed by atoms with Crippen LogP contribution in [0.15, 0.2) is 0 Å². The number of carbonyl (C=O) groups excluding carboxylic acids is 1. The van der Waals surface area contributed by atoms with Gasteiger partial charge < -0.3 is 10.0 Å². The lowest BCUT2D eigenvalue weighted by Crippen LogP contribution is -2.39. The van der Waals surface area contributed by atoms with Gasteiger partial charge >= 0.3 is 5.97 Å². The number of amides is 1. The lowest BCUT2D eigenvalue weighted by Gasteiger charge is -2.26. The molecule has 0 radical (unpaired) electrons. The average Bonchev–Trinajstić information content (AvgIpc) is 3.06. The molecular formula is C12H19NO3. The van der Waals surface area contributed by atoms with Crippen LogP contribution in [0, 0.1) is 11.3 Å². The number of rotatable bonds is 5. The van der Waals surface area contributed by atoms with Crippen molar-refractivity contribution in [3.8, 4) is 0 Å². The minimum atomic E-state index is -0.838. The van der Waals surface area contributed by atoms with Crippen molar-refractivity contribution in [2.75, 3.05) is 6.54 Å². The summed E-state index contributed by atoms with van der Waals surface area (Å²) in [5.41, 5.74) is 0.355. The molecule has 1 spiro atoms. The zero-order valence-electron chi connectivity index (χ0n) is 9.90. The molecule has 2 aliphatic rings. The van der Waals surface area contributed by atoms with Crippen molar-refractivity contribution < 1.29 is 14.7 Å². The SMILES string of the molecule is CC(C)N(CCC(=O)O)C(=O)C1CC12CC2. The zero-order valence-corrected chi connectivity index (χ0v) is 9.90. The van der Waals surface area contributed by atoms with Crippen LogP contribution in [-0.2, 0) is 9.59 Å². The molecule has 1 unspecified atom stereocenters. The van der Waals surface area contributed by atoms with Gasteiger partial charge in [-0.25, -0.2) is 0 Å². The van der Waals surface area contributed by atoms with Crippen molar-refractivity contribution in [2.24, 2.45) is 11.3 Å². The van der Waals surface area contributed by atoms with Gasteiger partial charge in [-0.3, -0.25) is 9.59 Å². The lowest BCUT2D eigenvalue weighted by atomic mass is 10.2. The van der Waals surface area contributed by atoms with E-state index in [1.54, 1.807) is 4.90 Å². The van der Waals surface area contributed by atoms with E-state index in [1.165, 1.54) is 12.8 Å². The molecule has 2 aliphatic carbocycles. The third-order valence-corrected chi connectivity index (χ3v) is 3.85. The standard InChI is InChI=1S/C12H19NO3/c1-8(2)13(6-3-10(14)15)11(16)9-7-12(9)4-5-12/h8-9H,3-7H2,1-2H3,(H,14,15). The fraction of sp³-hybridized carbons (Fsp3) is 0.833. The van der Waals surface area contributed by atoms with Crippen molar-refractivity contribution in [3.05, 3.63) is 0 Å². The Morgan fingerprint density at radius 1 is 1.44 bits per heavy atom. The van der Waals surface area contributed by atoms with E-state index in [0.29, 0.717) is 12.0 Å². The molecule has 2 fully saturated rings. The lowest BCUT2D eigenvalue weighted by molar-refractivity contribution is -0.139. The Kier molecular flexibility index (Phi) is 2.68. The number of carboxylic acids is 1.